The predicted molar refractivity (Wildman–Crippen MR) is 224 cm³/mol. The number of ether oxygens (including phenoxy) is 7. The second kappa shape index (κ2) is 40.2. The van der Waals surface area contributed by atoms with Gasteiger partial charge in [-0.05, 0) is 52.4 Å². The first-order chi connectivity index (χ1) is 26.1. The molecule has 0 rings (SSSR count). The second-order valence-electron chi connectivity index (χ2n) is 14.5. The van der Waals surface area contributed by atoms with E-state index in [0.29, 0.717) is 51.2 Å². The Morgan fingerprint density at radius 2 is 0.604 bits per heavy atom. The van der Waals surface area contributed by atoms with Crippen LogP contribution in [-0.4, -0.2) is 52.2 Å². The zero-order valence-electron chi connectivity index (χ0n) is 36.6. The molecule has 0 aromatic rings. The third-order valence-electron chi connectivity index (χ3n) is 9.26. The summed E-state index contributed by atoms with van der Waals surface area (Å²) < 4.78 is 45.3. The SMILES string of the molecule is CCCCCCCCCCCCC(OCCC)=C(OCCC)C(OCC)OC(OCC)C(OCCC)=C(CCCCCCCCCCCC)OCCC. The number of hydrogen-bond donors (Lipinski definition) is 0. The Morgan fingerprint density at radius 1 is 0.321 bits per heavy atom. The van der Waals surface area contributed by atoms with Gasteiger partial charge in [0.25, 0.3) is 0 Å². The van der Waals surface area contributed by atoms with Crippen molar-refractivity contribution < 1.29 is 33.2 Å². The summed E-state index contributed by atoms with van der Waals surface area (Å²) >= 11 is 0. The molecule has 0 radical (unpaired) electrons. The van der Waals surface area contributed by atoms with Crippen LogP contribution >= 0.6 is 0 Å². The minimum Gasteiger partial charge on any atom is -0.494 e. The van der Waals surface area contributed by atoms with Crippen molar-refractivity contribution in [2.75, 3.05) is 39.6 Å². The van der Waals surface area contributed by atoms with Gasteiger partial charge in [-0.1, -0.05) is 157 Å². The van der Waals surface area contributed by atoms with Crippen LogP contribution in [0.4, 0.5) is 0 Å². The minimum atomic E-state index is -0.803. The molecule has 316 valence electrons. The van der Waals surface area contributed by atoms with E-state index < -0.39 is 12.6 Å². The highest BCUT2D eigenvalue weighted by atomic mass is 16.8. The molecule has 0 N–H and O–H groups in total. The maximum atomic E-state index is 6.80. The fourth-order valence-electron chi connectivity index (χ4n) is 6.28. The van der Waals surface area contributed by atoms with Crippen LogP contribution in [0.5, 0.6) is 0 Å². The van der Waals surface area contributed by atoms with Crippen molar-refractivity contribution in [3.8, 4) is 0 Å². The van der Waals surface area contributed by atoms with Gasteiger partial charge in [0, 0.05) is 26.1 Å². The molecule has 0 aromatic heterocycles. The quantitative estimate of drug-likeness (QED) is 0.0349. The van der Waals surface area contributed by atoms with Gasteiger partial charge in [0.05, 0.1) is 26.4 Å². The molecule has 0 saturated carbocycles. The molecule has 0 aliphatic rings. The van der Waals surface area contributed by atoms with Gasteiger partial charge in [0.15, 0.2) is 11.5 Å². The zero-order valence-corrected chi connectivity index (χ0v) is 36.6. The maximum Gasteiger partial charge on any atom is 0.223 e. The summed E-state index contributed by atoms with van der Waals surface area (Å²) in [4.78, 5) is 0. The minimum absolute atomic E-state index is 0.453. The molecule has 7 nitrogen and oxygen atoms in total. The Kier molecular flexibility index (Phi) is 39.1. The molecule has 53 heavy (non-hydrogen) atoms. The molecular formula is C46H90O7. The molecule has 0 spiro atoms. The highest BCUT2D eigenvalue weighted by molar-refractivity contribution is 5.09. The van der Waals surface area contributed by atoms with Gasteiger partial charge in [0.1, 0.15) is 11.5 Å². The van der Waals surface area contributed by atoms with E-state index in [2.05, 4.69) is 41.5 Å². The molecular weight excluding hydrogens is 664 g/mol. The number of hydrogen-bond acceptors (Lipinski definition) is 7. The van der Waals surface area contributed by atoms with E-state index in [4.69, 9.17) is 33.2 Å². The Bertz CT molecular complexity index is 761. The largest absolute Gasteiger partial charge is 0.494 e. The summed E-state index contributed by atoms with van der Waals surface area (Å²) in [7, 11) is 0. The summed E-state index contributed by atoms with van der Waals surface area (Å²) in [6.07, 6.45) is 29.3. The van der Waals surface area contributed by atoms with Gasteiger partial charge in [-0.25, -0.2) is 0 Å². The summed E-state index contributed by atoms with van der Waals surface area (Å²) in [6, 6.07) is 0. The summed E-state index contributed by atoms with van der Waals surface area (Å²) in [5.74, 6) is 2.93. The summed E-state index contributed by atoms with van der Waals surface area (Å²) in [5.41, 5.74) is 0. The first-order valence-corrected chi connectivity index (χ1v) is 22.9. The lowest BCUT2D eigenvalue weighted by Gasteiger charge is -2.30. The van der Waals surface area contributed by atoms with E-state index >= 15 is 0 Å². The standard InChI is InChI=1S/C46H90O7/c1-9-17-19-21-23-25-27-29-31-33-35-41(49-37-11-3)43(51-39-13-5)45(47-15-7)53-46(48-16-8)44(52-40-14-6)42(50-38-12-4)36-34-32-30-28-26-24-22-20-18-10-2/h45-46H,9-40H2,1-8H3. The molecule has 2 unspecified atom stereocenters. The van der Waals surface area contributed by atoms with Crippen molar-refractivity contribution in [3.05, 3.63) is 23.0 Å². The van der Waals surface area contributed by atoms with Crippen LogP contribution in [0.15, 0.2) is 23.0 Å². The van der Waals surface area contributed by atoms with E-state index in [-0.39, 0.29) is 0 Å². The third-order valence-corrected chi connectivity index (χ3v) is 9.26. The van der Waals surface area contributed by atoms with Gasteiger partial charge >= 0.3 is 0 Å². The van der Waals surface area contributed by atoms with Crippen molar-refractivity contribution in [1.29, 1.82) is 0 Å². The average Bonchev–Trinajstić information content (AvgIpc) is 3.16. The second-order valence-corrected chi connectivity index (χ2v) is 14.5. The molecule has 0 amide bonds. The smallest absolute Gasteiger partial charge is 0.223 e. The van der Waals surface area contributed by atoms with Crippen LogP contribution in [0, 0.1) is 0 Å². The lowest BCUT2D eigenvalue weighted by molar-refractivity contribution is -0.240. The first-order valence-electron chi connectivity index (χ1n) is 22.9. The highest BCUT2D eigenvalue weighted by Gasteiger charge is 2.32. The predicted octanol–water partition coefficient (Wildman–Crippen LogP) is 14.5. The van der Waals surface area contributed by atoms with Crippen molar-refractivity contribution in [2.45, 2.75) is 235 Å². The van der Waals surface area contributed by atoms with Crippen LogP contribution in [0.2, 0.25) is 0 Å². The summed E-state index contributed by atoms with van der Waals surface area (Å²) in [6.45, 7) is 20.3. The van der Waals surface area contributed by atoms with Crippen molar-refractivity contribution >= 4 is 0 Å². The molecule has 0 saturated heterocycles. The van der Waals surface area contributed by atoms with Crippen molar-refractivity contribution in [3.63, 3.8) is 0 Å². The fraction of sp³-hybridized carbons (Fsp3) is 0.913. The Balaban J connectivity index is 6.12. The van der Waals surface area contributed by atoms with Crippen LogP contribution < -0.4 is 0 Å². The normalized spacial score (nSPS) is 13.7. The van der Waals surface area contributed by atoms with E-state index in [9.17, 15) is 0 Å². The van der Waals surface area contributed by atoms with Gasteiger partial charge in [-0.2, -0.15) is 0 Å². The number of allylic oxidation sites excluding steroid dienone is 2. The Hall–Kier alpha value is -1.44. The fourth-order valence-corrected chi connectivity index (χ4v) is 6.28. The Morgan fingerprint density at radius 3 is 0.887 bits per heavy atom. The van der Waals surface area contributed by atoms with Gasteiger partial charge in [-0.15, -0.1) is 0 Å². The number of rotatable bonds is 42. The maximum absolute atomic E-state index is 6.80. The molecule has 2 atom stereocenters. The lowest BCUT2D eigenvalue weighted by atomic mass is 10.1. The van der Waals surface area contributed by atoms with Crippen LogP contribution in [0.1, 0.15) is 222 Å². The molecule has 0 aliphatic heterocycles. The third kappa shape index (κ3) is 28.6. The van der Waals surface area contributed by atoms with Gasteiger partial charge in [0.2, 0.25) is 12.6 Å². The monoisotopic (exact) mass is 755 g/mol. The topological polar surface area (TPSA) is 64.6 Å². The highest BCUT2D eigenvalue weighted by Crippen LogP contribution is 2.29. The lowest BCUT2D eigenvalue weighted by Crippen LogP contribution is -2.33. The molecule has 0 aliphatic carbocycles. The first kappa shape index (κ1) is 51.6. The zero-order chi connectivity index (χ0) is 39.0. The van der Waals surface area contributed by atoms with Gasteiger partial charge in [-0.3, -0.25) is 0 Å². The Labute approximate surface area is 330 Å². The van der Waals surface area contributed by atoms with Crippen LogP contribution in [0.3, 0.4) is 0 Å². The molecule has 0 heterocycles. The molecule has 0 aromatic carbocycles. The summed E-state index contributed by atoms with van der Waals surface area (Å²) in [5, 5.41) is 0. The molecule has 7 heteroatoms. The van der Waals surface area contributed by atoms with Crippen LogP contribution in [0.25, 0.3) is 0 Å². The molecule has 0 bridgehead atoms. The average molecular weight is 755 g/mol. The van der Waals surface area contributed by atoms with Gasteiger partial charge < -0.3 is 33.2 Å². The molecule has 0 fully saturated rings. The van der Waals surface area contributed by atoms with E-state index in [0.717, 1.165) is 62.9 Å². The van der Waals surface area contributed by atoms with E-state index in [1.165, 1.54) is 116 Å². The number of unbranched alkanes of at least 4 members (excludes halogenated alkanes) is 18. The van der Waals surface area contributed by atoms with E-state index in [1.54, 1.807) is 0 Å². The van der Waals surface area contributed by atoms with Crippen LogP contribution in [-0.2, 0) is 33.2 Å². The van der Waals surface area contributed by atoms with E-state index in [1.807, 2.05) is 13.8 Å². The van der Waals surface area contributed by atoms with Crippen molar-refractivity contribution in [1.82, 2.24) is 0 Å². The van der Waals surface area contributed by atoms with Crippen molar-refractivity contribution in [2.24, 2.45) is 0 Å².